The molecule has 2 heterocycles. The van der Waals surface area contributed by atoms with Crippen molar-refractivity contribution in [1.82, 2.24) is 4.57 Å². The molecule has 0 spiro atoms. The summed E-state index contributed by atoms with van der Waals surface area (Å²) in [4.78, 5) is 43.0. The third kappa shape index (κ3) is 6.50. The summed E-state index contributed by atoms with van der Waals surface area (Å²) >= 11 is 1.20. The van der Waals surface area contributed by atoms with Crippen molar-refractivity contribution in [1.29, 1.82) is 0 Å². The van der Waals surface area contributed by atoms with Crippen LogP contribution in [0.2, 0.25) is 0 Å². The second-order valence-corrected chi connectivity index (χ2v) is 10.9. The van der Waals surface area contributed by atoms with Gasteiger partial charge in [0.05, 0.1) is 47.1 Å². The van der Waals surface area contributed by atoms with Crippen LogP contribution in [0, 0.1) is 10.1 Å². The monoisotopic (exact) mass is 629 g/mol. The molecular weight excluding hydrogens is 598 g/mol. The fraction of sp³-hybridized carbons (Fsp3) is 0.242. The molecule has 0 unspecified atom stereocenters. The van der Waals surface area contributed by atoms with Crippen LogP contribution in [0.4, 0.5) is 5.69 Å². The first kappa shape index (κ1) is 31.2. The van der Waals surface area contributed by atoms with E-state index in [4.69, 9.17) is 18.9 Å². The molecule has 5 rings (SSSR count). The molecule has 3 aromatic carbocycles. The number of ether oxygens (including phenoxy) is 4. The van der Waals surface area contributed by atoms with Crippen molar-refractivity contribution in [2.75, 3.05) is 20.3 Å². The molecule has 0 bridgehead atoms. The Balaban J connectivity index is 1.58. The minimum atomic E-state index is -0.818. The number of aromatic nitrogens is 1. The Morgan fingerprint density at radius 3 is 2.47 bits per heavy atom. The second-order valence-electron chi connectivity index (χ2n) is 9.90. The summed E-state index contributed by atoms with van der Waals surface area (Å²) in [6.45, 7) is 6.04. The quantitative estimate of drug-likeness (QED) is 0.133. The smallest absolute Gasteiger partial charge is 0.338 e. The van der Waals surface area contributed by atoms with Crippen LogP contribution >= 0.6 is 11.3 Å². The van der Waals surface area contributed by atoms with E-state index in [1.54, 1.807) is 63.4 Å². The Morgan fingerprint density at radius 1 is 1.02 bits per heavy atom. The molecule has 0 saturated heterocycles. The predicted molar refractivity (Wildman–Crippen MR) is 168 cm³/mol. The van der Waals surface area contributed by atoms with Crippen molar-refractivity contribution in [2.24, 2.45) is 4.99 Å². The normalized spacial score (nSPS) is 14.4. The lowest BCUT2D eigenvalue weighted by Gasteiger charge is -2.25. The highest BCUT2D eigenvalue weighted by Gasteiger charge is 2.34. The molecule has 0 fully saturated rings. The minimum Gasteiger partial charge on any atom is -0.493 e. The maximum absolute atomic E-state index is 14.1. The van der Waals surface area contributed by atoms with Crippen molar-refractivity contribution in [2.45, 2.75) is 33.4 Å². The number of hydrogen-bond acceptors (Lipinski definition) is 10. The standard InChI is InChI=1S/C33H31N3O8S/c1-5-42-27-17-23(13-16-26(27)41-4)30-29(32(38)43-6-2)20(3)34-33-35(30)31(37)28(45-33)18-22-9-7-8-10-25(22)44-19-21-11-14-24(15-12-21)36(39)40/h7-18,30H,5-6,19H2,1-4H3/b28-18+/t30-/m0/s1. The number of fused-ring (bicyclic) bond motifs is 1. The first-order valence-electron chi connectivity index (χ1n) is 14.2. The van der Waals surface area contributed by atoms with Gasteiger partial charge in [-0.2, -0.15) is 0 Å². The van der Waals surface area contributed by atoms with Crippen LogP contribution in [0.5, 0.6) is 17.2 Å². The lowest BCUT2D eigenvalue weighted by molar-refractivity contribution is -0.384. The van der Waals surface area contributed by atoms with Gasteiger partial charge in [-0.25, -0.2) is 9.79 Å². The number of nitrogens with zero attached hydrogens (tertiary/aromatic N) is 3. The number of nitro groups is 1. The molecule has 0 saturated carbocycles. The molecule has 4 aromatic rings. The summed E-state index contributed by atoms with van der Waals surface area (Å²) in [6, 6.07) is 17.9. The van der Waals surface area contributed by atoms with E-state index in [2.05, 4.69) is 4.99 Å². The van der Waals surface area contributed by atoms with E-state index < -0.39 is 16.9 Å². The Bertz CT molecular complexity index is 1960. The number of nitro benzene ring substituents is 1. The van der Waals surface area contributed by atoms with E-state index in [9.17, 15) is 19.7 Å². The van der Waals surface area contributed by atoms with E-state index in [0.717, 1.165) is 5.56 Å². The van der Waals surface area contributed by atoms with Gasteiger partial charge in [-0.3, -0.25) is 19.5 Å². The number of thiazole rings is 1. The van der Waals surface area contributed by atoms with E-state index in [-0.39, 0.29) is 30.0 Å². The number of para-hydroxylation sites is 1. The zero-order valence-corrected chi connectivity index (χ0v) is 26.0. The zero-order valence-electron chi connectivity index (χ0n) is 25.1. The predicted octanol–water partition coefficient (Wildman–Crippen LogP) is 4.69. The summed E-state index contributed by atoms with van der Waals surface area (Å²) in [6.07, 6.45) is 1.73. The Kier molecular flexibility index (Phi) is 9.43. The van der Waals surface area contributed by atoms with E-state index in [0.29, 0.717) is 50.0 Å². The average Bonchev–Trinajstić information content (AvgIpc) is 3.34. The Labute approximate surface area is 262 Å². The lowest BCUT2D eigenvalue weighted by atomic mass is 9.95. The van der Waals surface area contributed by atoms with Gasteiger partial charge in [-0.15, -0.1) is 0 Å². The van der Waals surface area contributed by atoms with Crippen molar-refractivity contribution in [3.05, 3.63) is 124 Å². The van der Waals surface area contributed by atoms with Gasteiger partial charge >= 0.3 is 5.97 Å². The summed E-state index contributed by atoms with van der Waals surface area (Å²) in [7, 11) is 1.54. The number of esters is 1. The van der Waals surface area contributed by atoms with E-state index in [1.165, 1.54) is 28.0 Å². The summed E-state index contributed by atoms with van der Waals surface area (Å²) in [5.74, 6) is 0.975. The third-order valence-electron chi connectivity index (χ3n) is 7.07. The van der Waals surface area contributed by atoms with Crippen molar-refractivity contribution in [3.63, 3.8) is 0 Å². The maximum Gasteiger partial charge on any atom is 0.338 e. The number of hydrogen-bond donors (Lipinski definition) is 0. The molecule has 1 atom stereocenters. The largest absolute Gasteiger partial charge is 0.493 e. The molecule has 11 nitrogen and oxygen atoms in total. The summed E-state index contributed by atoms with van der Waals surface area (Å²) < 4.78 is 24.6. The van der Waals surface area contributed by atoms with Gasteiger partial charge in [0.2, 0.25) is 0 Å². The van der Waals surface area contributed by atoms with Crippen LogP contribution in [0.1, 0.15) is 43.5 Å². The van der Waals surface area contributed by atoms with Gasteiger partial charge in [-0.1, -0.05) is 35.6 Å². The highest BCUT2D eigenvalue weighted by atomic mass is 32.1. The molecule has 0 aliphatic carbocycles. The highest BCUT2D eigenvalue weighted by molar-refractivity contribution is 7.07. The third-order valence-corrected chi connectivity index (χ3v) is 8.05. The molecule has 0 N–H and O–H groups in total. The number of methoxy groups -OCH3 is 1. The van der Waals surface area contributed by atoms with Crippen LogP contribution in [0.3, 0.4) is 0 Å². The number of carbonyl (C=O) groups is 1. The van der Waals surface area contributed by atoms with Crippen LogP contribution in [0.15, 0.2) is 87.8 Å². The number of carbonyl (C=O) groups excluding carboxylic acids is 1. The molecule has 1 aliphatic heterocycles. The van der Waals surface area contributed by atoms with E-state index in [1.807, 2.05) is 25.1 Å². The van der Waals surface area contributed by atoms with Gasteiger partial charge in [0.25, 0.3) is 11.2 Å². The topological polar surface area (TPSA) is 131 Å². The van der Waals surface area contributed by atoms with Crippen LogP contribution in [-0.2, 0) is 16.1 Å². The minimum absolute atomic E-state index is 0.00191. The van der Waals surface area contributed by atoms with Gasteiger partial charge in [0, 0.05) is 17.7 Å². The summed E-state index contributed by atoms with van der Waals surface area (Å²) in [5, 5.41) is 11.0. The first-order chi connectivity index (χ1) is 21.7. The van der Waals surface area contributed by atoms with Crippen LogP contribution < -0.4 is 29.1 Å². The van der Waals surface area contributed by atoms with Gasteiger partial charge in [-0.05, 0) is 68.3 Å². The molecule has 45 heavy (non-hydrogen) atoms. The molecule has 0 radical (unpaired) electrons. The SMILES string of the molecule is CCOC(=O)C1=C(C)N=c2s/c(=C/c3ccccc3OCc3ccc([N+](=O)[O-])cc3)c(=O)n2[C@H]1c1ccc(OC)c(OCC)c1. The van der Waals surface area contributed by atoms with Crippen LogP contribution in [0.25, 0.3) is 6.08 Å². The van der Waals surface area contributed by atoms with Crippen LogP contribution in [-0.4, -0.2) is 35.8 Å². The van der Waals surface area contributed by atoms with Crippen molar-refractivity contribution >= 4 is 29.1 Å². The average molecular weight is 630 g/mol. The first-order valence-corrected chi connectivity index (χ1v) is 15.0. The number of non-ortho nitro benzene ring substituents is 1. The number of rotatable bonds is 11. The lowest BCUT2D eigenvalue weighted by Crippen LogP contribution is -2.40. The fourth-order valence-electron chi connectivity index (χ4n) is 4.99. The highest BCUT2D eigenvalue weighted by Crippen LogP contribution is 2.36. The van der Waals surface area contributed by atoms with Gasteiger partial charge < -0.3 is 18.9 Å². The van der Waals surface area contributed by atoms with E-state index >= 15 is 0 Å². The number of allylic oxidation sites excluding steroid dienone is 1. The fourth-order valence-corrected chi connectivity index (χ4v) is 6.02. The van der Waals surface area contributed by atoms with Gasteiger partial charge in [0.1, 0.15) is 12.4 Å². The summed E-state index contributed by atoms with van der Waals surface area (Å²) in [5.41, 5.74) is 2.42. The van der Waals surface area contributed by atoms with Crippen molar-refractivity contribution in [3.8, 4) is 17.2 Å². The molecule has 1 aliphatic rings. The second kappa shape index (κ2) is 13.6. The van der Waals surface area contributed by atoms with Crippen molar-refractivity contribution < 1.29 is 28.7 Å². The molecular formula is C33H31N3O8S. The molecule has 12 heteroatoms. The molecule has 0 amide bonds. The zero-order chi connectivity index (χ0) is 32.1. The molecule has 232 valence electrons. The van der Waals surface area contributed by atoms with Gasteiger partial charge in [0.15, 0.2) is 16.3 Å². The Hall–Kier alpha value is -5.23. The molecule has 1 aromatic heterocycles. The maximum atomic E-state index is 14.1. The Morgan fingerprint density at radius 2 is 1.78 bits per heavy atom. The number of benzene rings is 3.